The highest BCUT2D eigenvalue weighted by Crippen LogP contribution is 2.48. The molecule has 1 saturated heterocycles. The van der Waals surface area contributed by atoms with Crippen LogP contribution in [0.4, 0.5) is 13.6 Å². The molecule has 2 saturated carbocycles. The first-order chi connectivity index (χ1) is 31.8. The predicted molar refractivity (Wildman–Crippen MR) is 249 cm³/mol. The Labute approximate surface area is 397 Å². The fraction of sp³-hybridized carbons (Fsp3) is 0.447. The van der Waals surface area contributed by atoms with Gasteiger partial charge in [0.05, 0.1) is 25.1 Å². The molecule has 0 bridgehead atoms. The zero-order valence-corrected chi connectivity index (χ0v) is 39.5. The first-order valence-corrected chi connectivity index (χ1v) is 24.3. The lowest BCUT2D eigenvalue weighted by atomic mass is 9.85. The van der Waals surface area contributed by atoms with Crippen molar-refractivity contribution < 1.29 is 50.6 Å². The number of alkyl halides is 2. The van der Waals surface area contributed by atoms with Gasteiger partial charge in [-0.25, -0.2) is 27.0 Å². The van der Waals surface area contributed by atoms with E-state index >= 15 is 0 Å². The number of aromatic nitrogens is 1. The van der Waals surface area contributed by atoms with Crippen LogP contribution in [0.3, 0.4) is 0 Å². The number of likely N-dealkylation sites (tertiary alicyclic amines) is 1. The van der Waals surface area contributed by atoms with Crippen molar-refractivity contribution in [3.8, 4) is 22.8 Å². The maximum Gasteiger partial charge on any atom is 0.413 e. The molecule has 0 unspecified atom stereocenters. The van der Waals surface area contributed by atoms with Crippen molar-refractivity contribution in [3.63, 3.8) is 0 Å². The van der Waals surface area contributed by atoms with Gasteiger partial charge < -0.3 is 29.7 Å². The van der Waals surface area contributed by atoms with E-state index in [9.17, 15) is 36.4 Å². The van der Waals surface area contributed by atoms with E-state index in [0.29, 0.717) is 34.4 Å². The van der Waals surface area contributed by atoms with Gasteiger partial charge in [0.2, 0.25) is 34.1 Å². The number of nitrogens with one attached hydrogen (secondary N) is 4. The second-order valence-corrected chi connectivity index (χ2v) is 21.4. The van der Waals surface area contributed by atoms with E-state index in [1.54, 1.807) is 39.0 Å². The van der Waals surface area contributed by atoms with Crippen LogP contribution in [0.1, 0.15) is 76.3 Å². The number of nitrogens with zero attached hydrogens (tertiary/aromatic N) is 2. The van der Waals surface area contributed by atoms with Crippen molar-refractivity contribution >= 4 is 73.5 Å². The molecule has 3 fully saturated rings. The number of rotatable bonds is 15. The van der Waals surface area contributed by atoms with Crippen LogP contribution in [0.2, 0.25) is 5.02 Å². The third-order valence-electron chi connectivity index (χ3n) is 12.8. The second kappa shape index (κ2) is 18.8. The molecular weight excluding hydrogens is 930 g/mol. The quantitative estimate of drug-likeness (QED) is 0.0935. The van der Waals surface area contributed by atoms with E-state index in [0.717, 1.165) is 22.3 Å². The number of sulfonamides is 1. The lowest BCUT2D eigenvalue weighted by molar-refractivity contribution is -0.138. The molecular formula is C47H51ClF2N6O9S2. The summed E-state index contributed by atoms with van der Waals surface area (Å²) in [7, 11) is -2.57. The van der Waals surface area contributed by atoms with Crippen LogP contribution >= 0.6 is 23.8 Å². The number of amides is 4. The summed E-state index contributed by atoms with van der Waals surface area (Å²) >= 11 is 12.0. The van der Waals surface area contributed by atoms with E-state index in [1.165, 1.54) is 18.2 Å². The highest BCUT2D eigenvalue weighted by atomic mass is 35.5. The monoisotopic (exact) mass is 980 g/mol. The lowest BCUT2D eigenvalue weighted by Crippen LogP contribution is -2.58. The standard InChI is InChI=1S/C47H51ClF2N6O9S2/c1-46(2,3)40(52-44(66)53-45(60)64-24-36-32-11-7-5-9-30(32)31-10-6-8-12-33(31)36)42(58)56-23-28(65-41-35-18-26(48)13-16-34(35)37(63-4)22-51-41)19-27(56)20-39(57)54-47(21-25(47)17-38(49)50)43(59)55-67(61,62)29-14-15-29/h5-13,16,18,22,25,27-29,36,38,40H,14-15,17,19-21,23-24H2,1-4H3,(H,54,57)(H,55,59)(H2,52,53,60,66)/t25-,27+,28-,40-,47-/m1/s1. The highest BCUT2D eigenvalue weighted by Gasteiger charge is 2.63. The number of alkyl carbamates (subject to hydrolysis) is 1. The molecule has 4 amide bonds. The minimum absolute atomic E-state index is 0.0235. The number of halogens is 3. The number of pyridine rings is 1. The number of hydrogen-bond acceptors (Lipinski definition) is 11. The van der Waals surface area contributed by atoms with Gasteiger partial charge in [-0.05, 0) is 83.3 Å². The molecule has 4 N–H and O–H groups in total. The minimum Gasteiger partial charge on any atom is -0.494 e. The minimum atomic E-state index is -4.07. The Kier molecular flexibility index (Phi) is 13.4. The zero-order valence-electron chi connectivity index (χ0n) is 37.1. The Balaban J connectivity index is 1.00. The average Bonchev–Trinajstić information content (AvgIpc) is 4.18. The average molecular weight is 982 g/mol. The molecule has 2 heterocycles. The van der Waals surface area contributed by atoms with Crippen LogP contribution in [0, 0.1) is 11.3 Å². The zero-order chi connectivity index (χ0) is 48.0. The normalized spacial score (nSPS) is 21.5. The largest absolute Gasteiger partial charge is 0.494 e. The summed E-state index contributed by atoms with van der Waals surface area (Å²) in [5.74, 6) is -2.96. The molecule has 0 spiro atoms. The highest BCUT2D eigenvalue weighted by molar-refractivity contribution is 7.91. The lowest BCUT2D eigenvalue weighted by Gasteiger charge is -2.36. The van der Waals surface area contributed by atoms with Crippen LogP contribution in [0.25, 0.3) is 21.9 Å². The molecule has 20 heteroatoms. The Bertz CT molecular complexity index is 2690. The van der Waals surface area contributed by atoms with Crippen LogP contribution in [-0.4, -0.2) is 103 Å². The second-order valence-electron chi connectivity index (χ2n) is 18.6. The third kappa shape index (κ3) is 10.3. The summed E-state index contributed by atoms with van der Waals surface area (Å²) in [6.45, 7) is 5.32. The predicted octanol–water partition coefficient (Wildman–Crippen LogP) is 6.60. The first-order valence-electron chi connectivity index (χ1n) is 21.9. The van der Waals surface area contributed by atoms with Crippen LogP contribution < -0.4 is 30.1 Å². The summed E-state index contributed by atoms with van der Waals surface area (Å²) in [6.07, 6.45) is -3.50. The van der Waals surface area contributed by atoms with Gasteiger partial charge in [0.25, 0.3) is 5.91 Å². The number of fused-ring (bicyclic) bond motifs is 4. The Morgan fingerprint density at radius 1 is 1.00 bits per heavy atom. The molecule has 4 aromatic rings. The summed E-state index contributed by atoms with van der Waals surface area (Å²) in [5.41, 5.74) is 1.43. The maximum absolute atomic E-state index is 14.9. The van der Waals surface area contributed by atoms with Crippen molar-refractivity contribution in [3.05, 3.63) is 89.1 Å². The number of hydrogen-bond donors (Lipinski definition) is 4. The van der Waals surface area contributed by atoms with Gasteiger partial charge in [0.1, 0.15) is 30.0 Å². The molecule has 356 valence electrons. The number of carbonyl (C=O) groups is 4. The molecule has 5 atom stereocenters. The topological polar surface area (TPSA) is 194 Å². The van der Waals surface area contributed by atoms with E-state index in [4.69, 9.17) is 38.0 Å². The first kappa shape index (κ1) is 47.8. The fourth-order valence-corrected chi connectivity index (χ4v) is 11.0. The molecule has 67 heavy (non-hydrogen) atoms. The summed E-state index contributed by atoms with van der Waals surface area (Å²) in [5, 5.41) is 8.74. The third-order valence-corrected chi connectivity index (χ3v) is 15.1. The van der Waals surface area contributed by atoms with E-state index in [2.05, 4.69) is 20.9 Å². The van der Waals surface area contributed by atoms with Crippen molar-refractivity contribution in [1.82, 2.24) is 30.6 Å². The Hall–Kier alpha value is -5.66. The molecule has 15 nitrogen and oxygen atoms in total. The molecule has 3 aliphatic carbocycles. The van der Waals surface area contributed by atoms with Gasteiger partial charge in [-0.2, -0.15) is 0 Å². The number of carbonyl (C=O) groups excluding carboxylic acids is 4. The smallest absolute Gasteiger partial charge is 0.413 e. The van der Waals surface area contributed by atoms with Gasteiger partial charge >= 0.3 is 6.09 Å². The number of methoxy groups -OCH3 is 1. The maximum atomic E-state index is 14.9. The van der Waals surface area contributed by atoms with Gasteiger partial charge in [-0.1, -0.05) is 80.9 Å². The molecule has 1 aliphatic heterocycles. The SMILES string of the molecule is COc1cnc(O[C@@H]2C[C@@H](CC(=O)N[C@]3(C(=O)NS(=O)(=O)C4CC4)C[C@H]3CC(F)F)N(C(=O)[C@@H](NC(=S)NC(=O)OCC3c4ccccc4-c4ccccc43)C(C)(C)C)C2)c2cc(Cl)ccc12. The molecule has 3 aromatic carbocycles. The molecule has 4 aliphatic rings. The van der Waals surface area contributed by atoms with Crippen LogP contribution in [0.15, 0.2) is 72.9 Å². The molecule has 1 aromatic heterocycles. The summed E-state index contributed by atoms with van der Waals surface area (Å²) < 4.78 is 72.4. The van der Waals surface area contributed by atoms with Gasteiger partial charge in [-0.15, -0.1) is 0 Å². The van der Waals surface area contributed by atoms with E-state index < -0.39 is 93.4 Å². The molecule has 8 rings (SSSR count). The Morgan fingerprint density at radius 2 is 1.67 bits per heavy atom. The Morgan fingerprint density at radius 3 is 2.30 bits per heavy atom. The number of thiocarbonyl (C=S) groups is 1. The van der Waals surface area contributed by atoms with Crippen LogP contribution in [0.5, 0.6) is 11.6 Å². The van der Waals surface area contributed by atoms with Crippen molar-refractivity contribution in [2.75, 3.05) is 20.3 Å². The van der Waals surface area contributed by atoms with Gasteiger partial charge in [0, 0.05) is 47.0 Å². The van der Waals surface area contributed by atoms with Crippen LogP contribution in [-0.2, 0) is 29.1 Å². The van der Waals surface area contributed by atoms with Crippen molar-refractivity contribution in [2.45, 2.75) is 101 Å². The van der Waals surface area contributed by atoms with Crippen molar-refractivity contribution in [2.24, 2.45) is 11.3 Å². The van der Waals surface area contributed by atoms with Crippen molar-refractivity contribution in [1.29, 1.82) is 0 Å². The van der Waals surface area contributed by atoms with Gasteiger partial charge in [-0.3, -0.25) is 24.4 Å². The van der Waals surface area contributed by atoms with E-state index in [-0.39, 0.29) is 42.9 Å². The number of benzene rings is 3. The fourth-order valence-electron chi connectivity index (χ4n) is 9.22. The molecule has 0 radical (unpaired) electrons. The number of ether oxygens (including phenoxy) is 3. The van der Waals surface area contributed by atoms with E-state index in [1.807, 2.05) is 53.3 Å². The summed E-state index contributed by atoms with van der Waals surface area (Å²) in [6, 6.07) is 18.9. The van der Waals surface area contributed by atoms with Gasteiger partial charge in [0.15, 0.2) is 5.11 Å². The summed E-state index contributed by atoms with van der Waals surface area (Å²) in [4.78, 5) is 61.6.